The number of carbonyl (C=O) groups excluding carboxylic acids is 2. The van der Waals surface area contributed by atoms with E-state index in [1.165, 1.54) is 24.0 Å². The first-order valence-electron chi connectivity index (χ1n) is 9.53. The number of ketones is 1. The van der Waals surface area contributed by atoms with Crippen LogP contribution in [0.25, 0.3) is 28.0 Å². The molecule has 2 aromatic heterocycles. The number of halogens is 1. The van der Waals surface area contributed by atoms with Gasteiger partial charge in [-0.2, -0.15) is 0 Å². The van der Waals surface area contributed by atoms with Crippen LogP contribution in [0.3, 0.4) is 0 Å². The molecule has 0 radical (unpaired) electrons. The van der Waals surface area contributed by atoms with E-state index in [0.717, 1.165) is 28.2 Å². The number of nitrogens with zero attached hydrogens (tertiary/aromatic N) is 4. The SMILES string of the molecule is CC(=O)C(Sc1nnc(-c2c[nH]c3ccccc23)n1-c1ccc(F)cc1)C(=O)N(C)C. The van der Waals surface area contributed by atoms with E-state index in [0.29, 0.717) is 16.7 Å². The number of Topliss-reactive ketones (excluding diaryl/α,β-unsaturated/α-hetero) is 1. The molecule has 1 amide bonds. The first kappa shape index (κ1) is 20.8. The number of para-hydroxylation sites is 1. The van der Waals surface area contributed by atoms with Crippen LogP contribution in [0.15, 0.2) is 59.9 Å². The molecule has 0 aliphatic rings. The van der Waals surface area contributed by atoms with Crippen molar-refractivity contribution in [3.05, 3.63) is 60.5 Å². The highest BCUT2D eigenvalue weighted by atomic mass is 32.2. The van der Waals surface area contributed by atoms with E-state index >= 15 is 0 Å². The van der Waals surface area contributed by atoms with Crippen molar-refractivity contribution in [1.29, 1.82) is 0 Å². The summed E-state index contributed by atoms with van der Waals surface area (Å²) in [4.78, 5) is 29.4. The van der Waals surface area contributed by atoms with E-state index < -0.39 is 5.25 Å². The van der Waals surface area contributed by atoms with Crippen LogP contribution in [0.1, 0.15) is 6.92 Å². The number of hydrogen-bond acceptors (Lipinski definition) is 5. The first-order chi connectivity index (χ1) is 14.9. The summed E-state index contributed by atoms with van der Waals surface area (Å²) in [5.41, 5.74) is 2.36. The van der Waals surface area contributed by atoms with Gasteiger partial charge >= 0.3 is 0 Å². The number of amides is 1. The molecule has 7 nitrogen and oxygen atoms in total. The second-order valence-electron chi connectivity index (χ2n) is 7.21. The number of fused-ring (bicyclic) bond motifs is 1. The van der Waals surface area contributed by atoms with E-state index in [9.17, 15) is 14.0 Å². The second-order valence-corrected chi connectivity index (χ2v) is 8.28. The van der Waals surface area contributed by atoms with Gasteiger partial charge in [-0.05, 0) is 37.3 Å². The lowest BCUT2D eigenvalue weighted by atomic mass is 10.1. The van der Waals surface area contributed by atoms with Crippen molar-refractivity contribution in [1.82, 2.24) is 24.6 Å². The van der Waals surface area contributed by atoms with E-state index in [1.807, 2.05) is 30.5 Å². The highest BCUT2D eigenvalue weighted by molar-refractivity contribution is 8.01. The highest BCUT2D eigenvalue weighted by Crippen LogP contribution is 2.34. The number of carbonyl (C=O) groups is 2. The molecule has 2 heterocycles. The van der Waals surface area contributed by atoms with E-state index in [-0.39, 0.29) is 17.5 Å². The topological polar surface area (TPSA) is 83.9 Å². The summed E-state index contributed by atoms with van der Waals surface area (Å²) in [6.07, 6.45) is 1.83. The van der Waals surface area contributed by atoms with Crippen molar-refractivity contribution >= 4 is 34.4 Å². The molecule has 1 unspecified atom stereocenters. The van der Waals surface area contributed by atoms with E-state index in [4.69, 9.17) is 0 Å². The van der Waals surface area contributed by atoms with Crippen LogP contribution in [0.4, 0.5) is 4.39 Å². The normalized spacial score (nSPS) is 12.1. The Labute approximate surface area is 182 Å². The Bertz CT molecular complexity index is 1260. The average Bonchev–Trinajstić information content (AvgIpc) is 3.35. The monoisotopic (exact) mass is 437 g/mol. The lowest BCUT2D eigenvalue weighted by Gasteiger charge is -2.18. The zero-order valence-electron chi connectivity index (χ0n) is 17.2. The van der Waals surface area contributed by atoms with Gasteiger partial charge in [0.05, 0.1) is 0 Å². The molecule has 0 saturated heterocycles. The molecule has 31 heavy (non-hydrogen) atoms. The van der Waals surface area contributed by atoms with Gasteiger partial charge in [-0.25, -0.2) is 4.39 Å². The Kier molecular flexibility index (Phi) is 5.60. The largest absolute Gasteiger partial charge is 0.360 e. The highest BCUT2D eigenvalue weighted by Gasteiger charge is 2.30. The van der Waals surface area contributed by atoms with Crippen LogP contribution in [-0.2, 0) is 9.59 Å². The quantitative estimate of drug-likeness (QED) is 0.367. The van der Waals surface area contributed by atoms with Crippen molar-refractivity contribution in [2.75, 3.05) is 14.1 Å². The number of thioether (sulfide) groups is 1. The minimum absolute atomic E-state index is 0.286. The third-order valence-corrected chi connectivity index (χ3v) is 6.05. The van der Waals surface area contributed by atoms with Crippen LogP contribution in [-0.4, -0.2) is 55.7 Å². The van der Waals surface area contributed by atoms with Crippen LogP contribution in [0, 0.1) is 5.82 Å². The van der Waals surface area contributed by atoms with Gasteiger partial charge in [0.1, 0.15) is 11.1 Å². The van der Waals surface area contributed by atoms with Gasteiger partial charge in [-0.1, -0.05) is 30.0 Å². The summed E-state index contributed by atoms with van der Waals surface area (Å²) in [6, 6.07) is 13.7. The maximum absolute atomic E-state index is 13.6. The average molecular weight is 438 g/mol. The minimum atomic E-state index is -0.964. The zero-order chi connectivity index (χ0) is 22.1. The van der Waals surface area contributed by atoms with Gasteiger partial charge in [0.2, 0.25) is 5.91 Å². The second kappa shape index (κ2) is 8.35. The van der Waals surface area contributed by atoms with E-state index in [1.54, 1.807) is 30.8 Å². The predicted octanol–water partition coefficient (Wildman–Crippen LogP) is 3.69. The molecule has 2 aromatic carbocycles. The Hall–Kier alpha value is -3.46. The number of nitrogens with one attached hydrogen (secondary N) is 1. The van der Waals surface area contributed by atoms with Crippen LogP contribution in [0.5, 0.6) is 0 Å². The maximum atomic E-state index is 13.6. The molecule has 4 rings (SSSR count). The van der Waals surface area contributed by atoms with Crippen molar-refractivity contribution in [2.24, 2.45) is 0 Å². The fourth-order valence-corrected chi connectivity index (χ4v) is 4.32. The molecule has 1 atom stereocenters. The van der Waals surface area contributed by atoms with Gasteiger partial charge in [0, 0.05) is 42.4 Å². The number of benzene rings is 2. The Morgan fingerprint density at radius 3 is 2.48 bits per heavy atom. The summed E-state index contributed by atoms with van der Waals surface area (Å²) < 4.78 is 15.3. The molecule has 0 aliphatic heterocycles. The van der Waals surface area contributed by atoms with Crippen molar-refractivity contribution in [3.63, 3.8) is 0 Å². The zero-order valence-corrected chi connectivity index (χ0v) is 18.0. The van der Waals surface area contributed by atoms with Crippen molar-refractivity contribution in [2.45, 2.75) is 17.3 Å². The maximum Gasteiger partial charge on any atom is 0.243 e. The Balaban J connectivity index is 1.88. The molecule has 9 heteroatoms. The van der Waals surface area contributed by atoms with Gasteiger partial charge < -0.3 is 9.88 Å². The summed E-state index contributed by atoms with van der Waals surface area (Å²) >= 11 is 1.03. The number of rotatable bonds is 6. The number of aromatic nitrogens is 4. The molecule has 0 bridgehead atoms. The molecule has 0 fully saturated rings. The molecular weight excluding hydrogens is 417 g/mol. The number of hydrogen-bond donors (Lipinski definition) is 1. The Morgan fingerprint density at radius 1 is 1.10 bits per heavy atom. The summed E-state index contributed by atoms with van der Waals surface area (Å²) in [7, 11) is 3.20. The molecular formula is C22H20FN5O2S. The number of H-pyrrole nitrogens is 1. The summed E-state index contributed by atoms with van der Waals surface area (Å²) in [5.74, 6) is -0.471. The molecule has 0 saturated carbocycles. The van der Waals surface area contributed by atoms with Crippen LogP contribution >= 0.6 is 11.8 Å². The van der Waals surface area contributed by atoms with Crippen LogP contribution in [0.2, 0.25) is 0 Å². The van der Waals surface area contributed by atoms with Gasteiger partial charge in [0.25, 0.3) is 0 Å². The molecule has 158 valence electrons. The molecule has 1 N–H and O–H groups in total. The predicted molar refractivity (Wildman–Crippen MR) is 118 cm³/mol. The lowest BCUT2D eigenvalue weighted by Crippen LogP contribution is -2.36. The van der Waals surface area contributed by atoms with Gasteiger partial charge in [0.15, 0.2) is 16.8 Å². The molecule has 0 aliphatic carbocycles. The van der Waals surface area contributed by atoms with E-state index in [2.05, 4.69) is 15.2 Å². The fraction of sp³-hybridized carbons (Fsp3) is 0.182. The molecule has 0 spiro atoms. The lowest BCUT2D eigenvalue weighted by molar-refractivity contribution is -0.132. The smallest absolute Gasteiger partial charge is 0.243 e. The van der Waals surface area contributed by atoms with Crippen molar-refractivity contribution in [3.8, 4) is 17.1 Å². The molecule has 4 aromatic rings. The van der Waals surface area contributed by atoms with Crippen molar-refractivity contribution < 1.29 is 14.0 Å². The van der Waals surface area contributed by atoms with Crippen LogP contribution < -0.4 is 0 Å². The number of aromatic amines is 1. The first-order valence-corrected chi connectivity index (χ1v) is 10.4. The Morgan fingerprint density at radius 2 is 1.81 bits per heavy atom. The third-order valence-electron chi connectivity index (χ3n) is 4.81. The standard InChI is InChI=1S/C22H20FN5O2S/c1-13(29)19(21(30)27(2)3)31-22-26-25-20(28(22)15-10-8-14(23)9-11-15)17-12-24-18-7-5-4-6-16(17)18/h4-12,19,24H,1-3H3. The minimum Gasteiger partial charge on any atom is -0.360 e. The third kappa shape index (κ3) is 3.96. The van der Waals surface area contributed by atoms with Gasteiger partial charge in [-0.3, -0.25) is 14.2 Å². The fourth-order valence-electron chi connectivity index (χ4n) is 3.25. The van der Waals surface area contributed by atoms with Gasteiger partial charge in [-0.15, -0.1) is 10.2 Å². The summed E-state index contributed by atoms with van der Waals surface area (Å²) in [5, 5.41) is 9.00. The summed E-state index contributed by atoms with van der Waals surface area (Å²) in [6.45, 7) is 1.37.